The fourth-order valence-corrected chi connectivity index (χ4v) is 2.59. The summed E-state index contributed by atoms with van der Waals surface area (Å²) in [6.45, 7) is 2.15. The van der Waals surface area contributed by atoms with E-state index in [1.807, 2.05) is 24.3 Å². The highest BCUT2D eigenvalue weighted by Crippen LogP contribution is 2.24. The largest absolute Gasteiger partial charge is 0.497 e. The zero-order chi connectivity index (χ0) is 18.9. The molecule has 0 saturated heterocycles. The van der Waals surface area contributed by atoms with Gasteiger partial charge in [-0.1, -0.05) is 37.6 Å². The van der Waals surface area contributed by atoms with Gasteiger partial charge >= 0.3 is 0 Å². The number of carbonyl (C=O) groups is 2. The fourth-order valence-electron chi connectivity index (χ4n) is 2.59. The lowest BCUT2D eigenvalue weighted by molar-refractivity contribution is -0.116. The molecular weight excluding hydrogens is 328 g/mol. The number of methoxy groups -OCH3 is 1. The van der Waals surface area contributed by atoms with Gasteiger partial charge < -0.3 is 15.8 Å². The van der Waals surface area contributed by atoms with Crippen molar-refractivity contribution in [2.24, 2.45) is 0 Å². The minimum atomic E-state index is -0.252. The van der Waals surface area contributed by atoms with Crippen LogP contribution in [0, 0.1) is 0 Å². The molecule has 0 unspecified atom stereocenters. The fraction of sp³-hybridized carbons (Fsp3) is 0.333. The first-order chi connectivity index (χ1) is 12.5. The Labute approximate surface area is 154 Å². The van der Waals surface area contributed by atoms with E-state index < -0.39 is 0 Å². The molecule has 0 saturated carbocycles. The lowest BCUT2D eigenvalue weighted by Crippen LogP contribution is -2.14. The summed E-state index contributed by atoms with van der Waals surface area (Å²) in [6, 6.07) is 12.7. The lowest BCUT2D eigenvalue weighted by Gasteiger charge is -2.10. The average Bonchev–Trinajstić information content (AvgIpc) is 2.66. The van der Waals surface area contributed by atoms with Crippen LogP contribution in [0.2, 0.25) is 0 Å². The normalized spacial score (nSPS) is 10.4. The highest BCUT2D eigenvalue weighted by atomic mass is 16.5. The predicted molar refractivity (Wildman–Crippen MR) is 105 cm³/mol. The number of unbranched alkanes of at least 4 members (excludes halogenated alkanes) is 1. The summed E-state index contributed by atoms with van der Waals surface area (Å²) in [5.74, 6) is 0.312. The summed E-state index contributed by atoms with van der Waals surface area (Å²) in [5, 5.41) is 2.73. The number of nitrogens with one attached hydrogen (secondary N) is 1. The lowest BCUT2D eigenvalue weighted by atomic mass is 10.0. The Morgan fingerprint density at radius 1 is 1.08 bits per heavy atom. The van der Waals surface area contributed by atoms with Crippen molar-refractivity contribution in [2.45, 2.75) is 39.0 Å². The summed E-state index contributed by atoms with van der Waals surface area (Å²) in [6.07, 6.45) is 3.57. The second kappa shape index (κ2) is 9.61. The van der Waals surface area contributed by atoms with Crippen molar-refractivity contribution in [3.05, 3.63) is 53.6 Å². The van der Waals surface area contributed by atoms with Gasteiger partial charge in [-0.15, -0.1) is 0 Å². The first-order valence-electron chi connectivity index (χ1n) is 8.89. The van der Waals surface area contributed by atoms with Crippen LogP contribution in [0.5, 0.6) is 5.75 Å². The molecule has 5 nitrogen and oxygen atoms in total. The number of nitrogen functional groups attached to an aromatic ring is 1. The Balaban J connectivity index is 1.87. The quantitative estimate of drug-likeness (QED) is 0.522. The summed E-state index contributed by atoms with van der Waals surface area (Å²) in [7, 11) is 1.54. The van der Waals surface area contributed by atoms with E-state index >= 15 is 0 Å². The maximum Gasteiger partial charge on any atom is 0.224 e. The number of ketones is 1. The Hall–Kier alpha value is -2.82. The zero-order valence-corrected chi connectivity index (χ0v) is 15.4. The molecular formula is C21H26N2O3. The maximum atomic E-state index is 12.3. The molecule has 2 rings (SSSR count). The molecule has 2 aromatic rings. The molecule has 0 bridgehead atoms. The molecule has 0 spiro atoms. The molecule has 0 aromatic heterocycles. The molecule has 0 radical (unpaired) electrons. The maximum absolute atomic E-state index is 12.3. The predicted octanol–water partition coefficient (Wildman–Crippen LogP) is 4.22. The Bertz CT molecular complexity index is 754. The van der Waals surface area contributed by atoms with Crippen LogP contribution in [0.4, 0.5) is 11.4 Å². The van der Waals surface area contributed by atoms with Gasteiger partial charge in [0.05, 0.1) is 18.5 Å². The van der Waals surface area contributed by atoms with E-state index in [0.717, 1.165) is 19.3 Å². The highest BCUT2D eigenvalue weighted by molar-refractivity contribution is 6.00. The number of benzene rings is 2. The van der Waals surface area contributed by atoms with E-state index in [0.29, 0.717) is 22.7 Å². The molecule has 0 atom stereocenters. The second-order valence-corrected chi connectivity index (χ2v) is 6.23. The summed E-state index contributed by atoms with van der Waals surface area (Å²) < 4.78 is 5.12. The molecule has 0 heterocycles. The first kappa shape index (κ1) is 19.5. The van der Waals surface area contributed by atoms with Crippen LogP contribution in [0.15, 0.2) is 42.5 Å². The second-order valence-electron chi connectivity index (χ2n) is 6.23. The number of Topliss-reactive ketones (excluding diaryl/α,β-unsaturated/α-hetero) is 1. The van der Waals surface area contributed by atoms with E-state index in [1.165, 1.54) is 5.56 Å². The van der Waals surface area contributed by atoms with Crippen molar-refractivity contribution < 1.29 is 14.3 Å². The van der Waals surface area contributed by atoms with E-state index in [-0.39, 0.29) is 24.5 Å². The number of anilines is 2. The number of carbonyl (C=O) groups excluding carboxylic acids is 2. The van der Waals surface area contributed by atoms with E-state index in [2.05, 4.69) is 12.2 Å². The number of hydrogen-bond acceptors (Lipinski definition) is 4. The summed E-state index contributed by atoms with van der Waals surface area (Å²) in [5.41, 5.74) is 8.66. The molecule has 5 heteroatoms. The molecule has 0 aliphatic rings. The van der Waals surface area contributed by atoms with Crippen molar-refractivity contribution >= 4 is 23.1 Å². The Kier molecular flexibility index (Phi) is 7.21. The highest BCUT2D eigenvalue weighted by Gasteiger charge is 2.11. The SMILES string of the molecule is CCCCc1ccc(C(=O)CCC(=O)Nc2cc(OC)ccc2N)cc1. The number of ether oxygens (including phenoxy) is 1. The van der Waals surface area contributed by atoms with Gasteiger partial charge in [-0.05, 0) is 30.5 Å². The molecule has 0 fully saturated rings. The standard InChI is InChI=1S/C21H26N2O3/c1-3-4-5-15-6-8-16(9-7-15)20(24)12-13-21(25)23-19-14-17(26-2)10-11-18(19)22/h6-11,14H,3-5,12-13,22H2,1-2H3,(H,23,25). The van der Waals surface area contributed by atoms with Gasteiger partial charge in [0.15, 0.2) is 5.78 Å². The third-order valence-electron chi connectivity index (χ3n) is 4.21. The van der Waals surface area contributed by atoms with Crippen LogP contribution in [-0.2, 0) is 11.2 Å². The van der Waals surface area contributed by atoms with Gasteiger partial charge in [-0.3, -0.25) is 9.59 Å². The summed E-state index contributed by atoms with van der Waals surface area (Å²) >= 11 is 0. The topological polar surface area (TPSA) is 81.4 Å². The number of rotatable bonds is 9. The van der Waals surface area contributed by atoms with Crippen molar-refractivity contribution in [3.63, 3.8) is 0 Å². The molecule has 0 aliphatic heterocycles. The van der Waals surface area contributed by atoms with Gasteiger partial charge in [0.1, 0.15) is 5.75 Å². The monoisotopic (exact) mass is 354 g/mol. The molecule has 0 aliphatic carbocycles. The first-order valence-corrected chi connectivity index (χ1v) is 8.89. The third kappa shape index (κ3) is 5.62. The van der Waals surface area contributed by atoms with Crippen molar-refractivity contribution in [1.29, 1.82) is 0 Å². The molecule has 3 N–H and O–H groups in total. The minimum Gasteiger partial charge on any atom is -0.497 e. The van der Waals surface area contributed by atoms with Gasteiger partial charge in [0, 0.05) is 24.5 Å². The van der Waals surface area contributed by atoms with Crippen molar-refractivity contribution in [2.75, 3.05) is 18.2 Å². The van der Waals surface area contributed by atoms with Crippen LogP contribution < -0.4 is 15.8 Å². The van der Waals surface area contributed by atoms with Gasteiger partial charge in [0.25, 0.3) is 0 Å². The molecule has 26 heavy (non-hydrogen) atoms. The third-order valence-corrected chi connectivity index (χ3v) is 4.21. The molecule has 2 aromatic carbocycles. The van der Waals surface area contributed by atoms with Crippen LogP contribution in [0.25, 0.3) is 0 Å². The Morgan fingerprint density at radius 2 is 1.81 bits per heavy atom. The van der Waals surface area contributed by atoms with E-state index in [1.54, 1.807) is 25.3 Å². The summed E-state index contributed by atoms with van der Waals surface area (Å²) in [4.78, 5) is 24.4. The van der Waals surface area contributed by atoms with Gasteiger partial charge in [0.2, 0.25) is 5.91 Å². The number of nitrogens with two attached hydrogens (primary N) is 1. The van der Waals surface area contributed by atoms with Gasteiger partial charge in [-0.2, -0.15) is 0 Å². The van der Waals surface area contributed by atoms with Crippen LogP contribution in [0.3, 0.4) is 0 Å². The van der Waals surface area contributed by atoms with Gasteiger partial charge in [-0.25, -0.2) is 0 Å². The Morgan fingerprint density at radius 3 is 2.46 bits per heavy atom. The number of hydrogen-bond donors (Lipinski definition) is 2. The average molecular weight is 354 g/mol. The van der Waals surface area contributed by atoms with E-state index in [9.17, 15) is 9.59 Å². The number of aryl methyl sites for hydroxylation is 1. The minimum absolute atomic E-state index is 0.0409. The van der Waals surface area contributed by atoms with Crippen LogP contribution >= 0.6 is 0 Å². The van der Waals surface area contributed by atoms with E-state index in [4.69, 9.17) is 10.5 Å². The molecule has 138 valence electrons. The number of amides is 1. The van der Waals surface area contributed by atoms with Crippen LogP contribution in [-0.4, -0.2) is 18.8 Å². The molecule has 1 amide bonds. The van der Waals surface area contributed by atoms with Crippen molar-refractivity contribution in [3.8, 4) is 5.75 Å². The smallest absolute Gasteiger partial charge is 0.224 e. The van der Waals surface area contributed by atoms with Crippen molar-refractivity contribution in [1.82, 2.24) is 0 Å². The van der Waals surface area contributed by atoms with Crippen LogP contribution in [0.1, 0.15) is 48.5 Å². The zero-order valence-electron chi connectivity index (χ0n) is 15.4.